The molecule has 1 aromatic carbocycles. The van der Waals surface area contributed by atoms with Gasteiger partial charge in [-0.1, -0.05) is 29.8 Å². The zero-order chi connectivity index (χ0) is 12.4. The molecule has 0 saturated heterocycles. The fraction of sp³-hybridized carbons (Fsp3) is 0.571. The van der Waals surface area contributed by atoms with E-state index in [1.165, 1.54) is 6.42 Å². The first-order valence-electron chi connectivity index (χ1n) is 6.26. The van der Waals surface area contributed by atoms with Crippen LogP contribution in [0.15, 0.2) is 22.7 Å². The van der Waals surface area contributed by atoms with E-state index in [1.54, 1.807) is 12.1 Å². The molecular formula is C14H19BrFN. The second-order valence-corrected chi connectivity index (χ2v) is 6.09. The monoisotopic (exact) mass is 299 g/mol. The van der Waals surface area contributed by atoms with Crippen molar-refractivity contribution in [2.45, 2.75) is 38.6 Å². The quantitative estimate of drug-likeness (QED) is 0.883. The number of nitrogens with one attached hydrogen (secondary N) is 1. The summed E-state index contributed by atoms with van der Waals surface area (Å²) in [6.07, 6.45) is 2.31. The maximum Gasteiger partial charge on any atom is 0.126 e. The van der Waals surface area contributed by atoms with Crippen LogP contribution in [-0.4, -0.2) is 12.6 Å². The third-order valence-electron chi connectivity index (χ3n) is 3.56. The van der Waals surface area contributed by atoms with Gasteiger partial charge in [-0.05, 0) is 55.0 Å². The minimum Gasteiger partial charge on any atom is -0.314 e. The SMILES string of the molecule is CC(C)NCC1CCC1c1cc(Br)ccc1F. The third kappa shape index (κ3) is 3.08. The van der Waals surface area contributed by atoms with Gasteiger partial charge in [0.25, 0.3) is 0 Å². The minimum absolute atomic E-state index is 0.0625. The molecule has 0 bridgehead atoms. The van der Waals surface area contributed by atoms with E-state index >= 15 is 0 Å². The lowest BCUT2D eigenvalue weighted by atomic mass is 9.70. The Hall–Kier alpha value is -0.410. The Bertz CT molecular complexity index is 392. The van der Waals surface area contributed by atoms with Crippen molar-refractivity contribution in [2.24, 2.45) is 5.92 Å². The molecule has 1 saturated carbocycles. The molecule has 94 valence electrons. The molecule has 0 amide bonds. The Kier molecular flexibility index (Phi) is 4.21. The molecule has 0 heterocycles. The zero-order valence-electron chi connectivity index (χ0n) is 10.3. The Morgan fingerprint density at radius 1 is 1.41 bits per heavy atom. The van der Waals surface area contributed by atoms with Gasteiger partial charge in [0.1, 0.15) is 5.82 Å². The first kappa shape index (κ1) is 13.0. The van der Waals surface area contributed by atoms with Crippen LogP contribution in [-0.2, 0) is 0 Å². The lowest BCUT2D eigenvalue weighted by Gasteiger charge is -2.38. The van der Waals surface area contributed by atoms with Gasteiger partial charge in [-0.3, -0.25) is 0 Å². The molecule has 1 N–H and O–H groups in total. The molecule has 1 nitrogen and oxygen atoms in total. The smallest absolute Gasteiger partial charge is 0.126 e. The third-order valence-corrected chi connectivity index (χ3v) is 4.06. The molecule has 0 radical (unpaired) electrons. The first-order valence-corrected chi connectivity index (χ1v) is 7.05. The standard InChI is InChI=1S/C14H19BrFN/c1-9(2)17-8-10-3-5-12(10)13-7-11(15)4-6-14(13)16/h4,6-7,9-10,12,17H,3,5,8H2,1-2H3. The van der Waals surface area contributed by atoms with Crippen molar-refractivity contribution < 1.29 is 4.39 Å². The van der Waals surface area contributed by atoms with Gasteiger partial charge in [-0.2, -0.15) is 0 Å². The van der Waals surface area contributed by atoms with Gasteiger partial charge in [0.05, 0.1) is 0 Å². The highest BCUT2D eigenvalue weighted by Crippen LogP contribution is 2.43. The summed E-state index contributed by atoms with van der Waals surface area (Å²) in [6, 6.07) is 5.76. The Morgan fingerprint density at radius 2 is 2.18 bits per heavy atom. The highest BCUT2D eigenvalue weighted by atomic mass is 79.9. The molecule has 17 heavy (non-hydrogen) atoms. The lowest BCUT2D eigenvalue weighted by Crippen LogP contribution is -2.37. The number of benzene rings is 1. The van der Waals surface area contributed by atoms with Crippen molar-refractivity contribution in [3.8, 4) is 0 Å². The highest BCUT2D eigenvalue weighted by Gasteiger charge is 2.33. The number of hydrogen-bond donors (Lipinski definition) is 1. The van der Waals surface area contributed by atoms with Crippen LogP contribution < -0.4 is 5.32 Å². The van der Waals surface area contributed by atoms with Crippen LogP contribution in [0.5, 0.6) is 0 Å². The fourth-order valence-electron chi connectivity index (χ4n) is 2.41. The lowest BCUT2D eigenvalue weighted by molar-refractivity contribution is 0.235. The van der Waals surface area contributed by atoms with Gasteiger partial charge in [0.15, 0.2) is 0 Å². The summed E-state index contributed by atoms with van der Waals surface area (Å²) in [6.45, 7) is 5.29. The van der Waals surface area contributed by atoms with Crippen LogP contribution in [0, 0.1) is 11.7 Å². The van der Waals surface area contributed by atoms with E-state index in [1.807, 2.05) is 6.07 Å². The van der Waals surface area contributed by atoms with Crippen LogP contribution >= 0.6 is 15.9 Å². The fourth-order valence-corrected chi connectivity index (χ4v) is 2.79. The van der Waals surface area contributed by atoms with Crippen LogP contribution in [0.1, 0.15) is 38.2 Å². The van der Waals surface area contributed by atoms with Gasteiger partial charge in [0, 0.05) is 10.5 Å². The molecule has 1 aromatic rings. The summed E-state index contributed by atoms with van der Waals surface area (Å²) in [5, 5.41) is 3.45. The summed E-state index contributed by atoms with van der Waals surface area (Å²) in [4.78, 5) is 0. The van der Waals surface area contributed by atoms with Gasteiger partial charge < -0.3 is 5.32 Å². The van der Waals surface area contributed by atoms with Crippen LogP contribution in [0.2, 0.25) is 0 Å². The molecule has 1 aliphatic rings. The van der Waals surface area contributed by atoms with Crippen molar-refractivity contribution in [3.63, 3.8) is 0 Å². The number of rotatable bonds is 4. The maximum atomic E-state index is 13.8. The van der Waals surface area contributed by atoms with E-state index in [-0.39, 0.29) is 5.82 Å². The Morgan fingerprint density at radius 3 is 2.76 bits per heavy atom. The molecular weight excluding hydrogens is 281 g/mol. The molecule has 0 spiro atoms. The zero-order valence-corrected chi connectivity index (χ0v) is 11.9. The van der Waals surface area contributed by atoms with E-state index in [2.05, 4.69) is 35.1 Å². The molecule has 0 aliphatic heterocycles. The van der Waals surface area contributed by atoms with E-state index < -0.39 is 0 Å². The predicted octanol–water partition coefficient (Wildman–Crippen LogP) is 4.08. The molecule has 0 aromatic heterocycles. The van der Waals surface area contributed by atoms with E-state index in [4.69, 9.17) is 0 Å². The maximum absolute atomic E-state index is 13.8. The Balaban J connectivity index is 2.04. The summed E-state index contributed by atoms with van der Waals surface area (Å²) in [7, 11) is 0. The summed E-state index contributed by atoms with van der Waals surface area (Å²) >= 11 is 3.42. The predicted molar refractivity (Wildman–Crippen MR) is 72.7 cm³/mol. The van der Waals surface area contributed by atoms with Crippen LogP contribution in [0.4, 0.5) is 4.39 Å². The van der Waals surface area contributed by atoms with E-state index in [9.17, 15) is 4.39 Å². The van der Waals surface area contributed by atoms with Crippen molar-refractivity contribution in [3.05, 3.63) is 34.1 Å². The Labute approximate surface area is 111 Å². The molecule has 3 heteroatoms. The highest BCUT2D eigenvalue weighted by molar-refractivity contribution is 9.10. The van der Waals surface area contributed by atoms with Crippen molar-refractivity contribution in [2.75, 3.05) is 6.54 Å². The summed E-state index contributed by atoms with van der Waals surface area (Å²) in [5.41, 5.74) is 0.876. The topological polar surface area (TPSA) is 12.0 Å². The molecule has 2 unspecified atom stereocenters. The summed E-state index contributed by atoms with van der Waals surface area (Å²) < 4.78 is 14.7. The van der Waals surface area contributed by atoms with E-state index in [0.29, 0.717) is 17.9 Å². The molecule has 2 atom stereocenters. The average Bonchev–Trinajstić information content (AvgIpc) is 2.21. The van der Waals surface area contributed by atoms with Crippen molar-refractivity contribution in [1.29, 1.82) is 0 Å². The average molecular weight is 300 g/mol. The normalized spacial score (nSPS) is 23.8. The molecule has 2 rings (SSSR count). The van der Waals surface area contributed by atoms with Gasteiger partial charge in [-0.25, -0.2) is 4.39 Å². The number of halogens is 2. The van der Waals surface area contributed by atoms with Crippen LogP contribution in [0.3, 0.4) is 0 Å². The second kappa shape index (κ2) is 5.49. The summed E-state index contributed by atoms with van der Waals surface area (Å²) in [5.74, 6) is 0.910. The van der Waals surface area contributed by atoms with Gasteiger partial charge in [-0.15, -0.1) is 0 Å². The molecule has 1 fully saturated rings. The van der Waals surface area contributed by atoms with E-state index in [0.717, 1.165) is 23.0 Å². The largest absolute Gasteiger partial charge is 0.314 e. The second-order valence-electron chi connectivity index (χ2n) is 5.17. The van der Waals surface area contributed by atoms with Gasteiger partial charge in [0.2, 0.25) is 0 Å². The van der Waals surface area contributed by atoms with Gasteiger partial charge >= 0.3 is 0 Å². The van der Waals surface area contributed by atoms with Crippen LogP contribution in [0.25, 0.3) is 0 Å². The first-order chi connectivity index (χ1) is 8.08. The van der Waals surface area contributed by atoms with Crippen molar-refractivity contribution in [1.82, 2.24) is 5.32 Å². The van der Waals surface area contributed by atoms with Crippen molar-refractivity contribution >= 4 is 15.9 Å². The minimum atomic E-state index is -0.0625. The number of hydrogen-bond acceptors (Lipinski definition) is 1. The molecule has 1 aliphatic carbocycles.